The van der Waals surface area contributed by atoms with E-state index in [1.165, 1.54) is 30.3 Å². The molecule has 0 heterocycles. The number of hydrogen-bond acceptors (Lipinski definition) is 4. The molecule has 3 N–H and O–H groups in total. The van der Waals surface area contributed by atoms with Crippen LogP contribution in [0, 0.1) is 24.1 Å². The molecule has 0 saturated heterocycles. The molecule has 0 atom stereocenters. The van der Waals surface area contributed by atoms with E-state index in [2.05, 4.69) is 4.72 Å². The first-order valence-electron chi connectivity index (χ1n) is 5.91. The quantitative estimate of drug-likeness (QED) is 0.851. The van der Waals surface area contributed by atoms with Crippen LogP contribution < -0.4 is 10.5 Å². The van der Waals surface area contributed by atoms with Gasteiger partial charge in [0.15, 0.2) is 0 Å². The monoisotopic (exact) mass is 305 g/mol. The average Bonchev–Trinajstić information content (AvgIpc) is 2.36. The summed E-state index contributed by atoms with van der Waals surface area (Å²) in [5.74, 6) is -0.550. The molecule has 2 aromatic carbocycles. The number of halogens is 1. The molecule has 0 radical (unpaired) electrons. The van der Waals surface area contributed by atoms with E-state index in [4.69, 9.17) is 11.0 Å². The van der Waals surface area contributed by atoms with Crippen LogP contribution in [0.3, 0.4) is 0 Å². The predicted octanol–water partition coefficient (Wildman–Crippen LogP) is 2.39. The summed E-state index contributed by atoms with van der Waals surface area (Å²) in [4.78, 5) is -0.207. The molecule has 2 aromatic rings. The van der Waals surface area contributed by atoms with Crippen LogP contribution in [0.4, 0.5) is 15.8 Å². The van der Waals surface area contributed by atoms with E-state index in [0.29, 0.717) is 5.56 Å². The maximum absolute atomic E-state index is 13.3. The van der Waals surface area contributed by atoms with Crippen molar-refractivity contribution in [2.24, 2.45) is 0 Å². The Bertz CT molecular complexity index is 822. The van der Waals surface area contributed by atoms with Crippen molar-refractivity contribution in [1.82, 2.24) is 0 Å². The van der Waals surface area contributed by atoms with Crippen molar-refractivity contribution in [3.05, 3.63) is 53.3 Å². The number of nitrogens with two attached hydrogens (primary N) is 1. The van der Waals surface area contributed by atoms with Gasteiger partial charge in [-0.25, -0.2) is 12.8 Å². The molecule has 0 spiro atoms. The minimum Gasteiger partial charge on any atom is -0.399 e. The number of benzene rings is 2. The molecule has 0 unspecified atom stereocenters. The molecule has 0 aliphatic carbocycles. The first kappa shape index (κ1) is 14.8. The van der Waals surface area contributed by atoms with E-state index in [-0.39, 0.29) is 21.8 Å². The highest BCUT2D eigenvalue weighted by Gasteiger charge is 2.19. The minimum atomic E-state index is -4.00. The van der Waals surface area contributed by atoms with E-state index in [0.717, 1.165) is 6.07 Å². The number of anilines is 2. The van der Waals surface area contributed by atoms with Gasteiger partial charge in [-0.1, -0.05) is 0 Å². The van der Waals surface area contributed by atoms with Gasteiger partial charge in [-0.05, 0) is 48.9 Å². The van der Waals surface area contributed by atoms with Crippen LogP contribution in [0.2, 0.25) is 0 Å². The second-order valence-corrected chi connectivity index (χ2v) is 6.14. The van der Waals surface area contributed by atoms with E-state index in [9.17, 15) is 12.8 Å². The SMILES string of the molecule is Cc1cc(F)cc(NS(=O)(=O)c2ccc(N)cc2C#N)c1. The summed E-state index contributed by atoms with van der Waals surface area (Å²) in [6, 6.07) is 9.50. The van der Waals surface area contributed by atoms with Gasteiger partial charge in [0, 0.05) is 5.69 Å². The molecule has 0 fully saturated rings. The summed E-state index contributed by atoms with van der Waals surface area (Å²) >= 11 is 0. The number of sulfonamides is 1. The molecule has 21 heavy (non-hydrogen) atoms. The average molecular weight is 305 g/mol. The fraction of sp³-hybridized carbons (Fsp3) is 0.0714. The lowest BCUT2D eigenvalue weighted by Crippen LogP contribution is -2.15. The summed E-state index contributed by atoms with van der Waals surface area (Å²) in [6.07, 6.45) is 0. The Hall–Kier alpha value is -2.59. The number of nitrogens with one attached hydrogen (secondary N) is 1. The first-order chi connectivity index (χ1) is 9.81. The Balaban J connectivity index is 2.46. The molecule has 7 heteroatoms. The van der Waals surface area contributed by atoms with Crippen LogP contribution in [0.15, 0.2) is 41.3 Å². The van der Waals surface area contributed by atoms with Crippen molar-refractivity contribution < 1.29 is 12.8 Å². The van der Waals surface area contributed by atoms with Crippen LogP contribution in [-0.4, -0.2) is 8.42 Å². The molecule has 0 saturated carbocycles. The van der Waals surface area contributed by atoms with Crippen LogP contribution in [0.5, 0.6) is 0 Å². The van der Waals surface area contributed by atoms with E-state index < -0.39 is 15.8 Å². The summed E-state index contributed by atoms with van der Waals surface area (Å²) in [5, 5.41) is 9.00. The van der Waals surface area contributed by atoms with Crippen molar-refractivity contribution in [3.63, 3.8) is 0 Å². The lowest BCUT2D eigenvalue weighted by atomic mass is 10.2. The zero-order chi connectivity index (χ0) is 15.6. The lowest BCUT2D eigenvalue weighted by molar-refractivity contribution is 0.601. The third-order valence-corrected chi connectivity index (χ3v) is 4.15. The number of nitriles is 1. The molecular formula is C14H12FN3O2S. The Morgan fingerprint density at radius 1 is 1.24 bits per heavy atom. The third-order valence-electron chi connectivity index (χ3n) is 2.71. The smallest absolute Gasteiger partial charge is 0.263 e. The van der Waals surface area contributed by atoms with Crippen molar-refractivity contribution >= 4 is 21.4 Å². The number of rotatable bonds is 3. The van der Waals surface area contributed by atoms with Crippen molar-refractivity contribution in [2.75, 3.05) is 10.5 Å². The van der Waals surface area contributed by atoms with Gasteiger partial charge in [0.25, 0.3) is 10.0 Å². The van der Waals surface area contributed by atoms with Gasteiger partial charge >= 0.3 is 0 Å². The predicted molar refractivity (Wildman–Crippen MR) is 77.5 cm³/mol. The van der Waals surface area contributed by atoms with Crippen LogP contribution >= 0.6 is 0 Å². The fourth-order valence-corrected chi connectivity index (χ4v) is 3.05. The maximum Gasteiger partial charge on any atom is 0.263 e. The summed E-state index contributed by atoms with van der Waals surface area (Å²) in [5.41, 5.74) is 6.40. The highest BCUT2D eigenvalue weighted by molar-refractivity contribution is 7.92. The number of nitrogen functional groups attached to an aromatic ring is 1. The molecule has 0 aromatic heterocycles. The van der Waals surface area contributed by atoms with Crippen molar-refractivity contribution in [1.29, 1.82) is 5.26 Å². The number of nitrogens with zero attached hydrogens (tertiary/aromatic N) is 1. The highest BCUT2D eigenvalue weighted by atomic mass is 32.2. The summed E-state index contributed by atoms with van der Waals surface area (Å²) in [7, 11) is -4.00. The van der Waals surface area contributed by atoms with E-state index in [1.54, 1.807) is 13.0 Å². The fourth-order valence-electron chi connectivity index (χ4n) is 1.87. The molecular weight excluding hydrogens is 293 g/mol. The molecule has 2 rings (SSSR count). The zero-order valence-corrected chi connectivity index (χ0v) is 11.9. The van der Waals surface area contributed by atoms with Crippen LogP contribution in [-0.2, 0) is 10.0 Å². The first-order valence-corrected chi connectivity index (χ1v) is 7.40. The third kappa shape index (κ3) is 3.30. The van der Waals surface area contributed by atoms with Gasteiger partial charge in [0.05, 0.1) is 11.3 Å². The lowest BCUT2D eigenvalue weighted by Gasteiger charge is -2.10. The Morgan fingerprint density at radius 2 is 1.95 bits per heavy atom. The molecule has 0 aliphatic heterocycles. The maximum atomic E-state index is 13.3. The number of hydrogen-bond donors (Lipinski definition) is 2. The van der Waals surface area contributed by atoms with Gasteiger partial charge in [0.2, 0.25) is 0 Å². The molecule has 5 nitrogen and oxygen atoms in total. The van der Waals surface area contributed by atoms with E-state index >= 15 is 0 Å². The largest absolute Gasteiger partial charge is 0.399 e. The minimum absolute atomic E-state index is 0.0735. The molecule has 108 valence electrons. The Kier molecular flexibility index (Phi) is 3.82. The summed E-state index contributed by atoms with van der Waals surface area (Å²) < 4.78 is 40.1. The van der Waals surface area contributed by atoms with Gasteiger partial charge in [-0.2, -0.15) is 5.26 Å². The Labute approximate surface area is 121 Å². The molecule has 0 amide bonds. The van der Waals surface area contributed by atoms with E-state index in [1.807, 2.05) is 0 Å². The topological polar surface area (TPSA) is 96.0 Å². The second-order valence-electron chi connectivity index (χ2n) is 4.49. The van der Waals surface area contributed by atoms with Gasteiger partial charge in [-0.3, -0.25) is 4.72 Å². The van der Waals surface area contributed by atoms with Gasteiger partial charge < -0.3 is 5.73 Å². The Morgan fingerprint density at radius 3 is 2.57 bits per heavy atom. The van der Waals surface area contributed by atoms with Crippen LogP contribution in [0.1, 0.15) is 11.1 Å². The van der Waals surface area contributed by atoms with Crippen molar-refractivity contribution in [2.45, 2.75) is 11.8 Å². The van der Waals surface area contributed by atoms with Gasteiger partial charge in [-0.15, -0.1) is 0 Å². The molecule has 0 aliphatic rings. The summed E-state index contributed by atoms with van der Waals surface area (Å²) in [6.45, 7) is 1.64. The second kappa shape index (κ2) is 5.42. The van der Waals surface area contributed by atoms with Crippen LogP contribution in [0.25, 0.3) is 0 Å². The standard InChI is InChI=1S/C14H12FN3O2S/c1-9-4-11(15)7-13(5-9)18-21(19,20)14-3-2-12(17)6-10(14)8-16/h2-7,18H,17H2,1H3. The molecule has 0 bridgehead atoms. The van der Waals surface area contributed by atoms with Crippen molar-refractivity contribution in [3.8, 4) is 6.07 Å². The normalized spacial score (nSPS) is 10.9. The zero-order valence-electron chi connectivity index (χ0n) is 11.1. The number of aryl methyl sites for hydroxylation is 1. The highest BCUT2D eigenvalue weighted by Crippen LogP contribution is 2.22. The van der Waals surface area contributed by atoms with Gasteiger partial charge in [0.1, 0.15) is 16.8 Å².